The van der Waals surface area contributed by atoms with E-state index in [4.69, 9.17) is 0 Å². The highest BCUT2D eigenvalue weighted by Gasteiger charge is 2.20. The van der Waals surface area contributed by atoms with Crippen molar-refractivity contribution in [3.63, 3.8) is 0 Å². The average Bonchev–Trinajstić information content (AvgIpc) is 2.14. The van der Waals surface area contributed by atoms with Crippen LogP contribution in [0.4, 0.5) is 0 Å². The van der Waals surface area contributed by atoms with Gasteiger partial charge in [-0.15, -0.1) is 0 Å². The van der Waals surface area contributed by atoms with E-state index >= 15 is 0 Å². The number of hydrogen-bond donors (Lipinski definition) is 1. The molecule has 1 aliphatic rings. The molecule has 1 saturated heterocycles. The third-order valence-electron chi connectivity index (χ3n) is 2.63. The predicted molar refractivity (Wildman–Crippen MR) is 61.8 cm³/mol. The molecule has 4 heteroatoms. The zero-order valence-electron chi connectivity index (χ0n) is 10.3. The van der Waals surface area contributed by atoms with Gasteiger partial charge in [0.1, 0.15) is 0 Å². The molecular weight excluding hydrogens is 190 g/mol. The number of nitrogens with one attached hydrogen (secondary N) is 1. The van der Waals surface area contributed by atoms with Crippen LogP contribution in [0.1, 0.15) is 20.8 Å². The average molecular weight is 213 g/mol. The lowest BCUT2D eigenvalue weighted by molar-refractivity contribution is -0.132. The van der Waals surface area contributed by atoms with Gasteiger partial charge in [-0.1, -0.05) is 0 Å². The summed E-state index contributed by atoms with van der Waals surface area (Å²) in [5.74, 6) is 0.220. The molecule has 0 aromatic carbocycles. The van der Waals surface area contributed by atoms with Gasteiger partial charge in [-0.2, -0.15) is 0 Å². The smallest absolute Gasteiger partial charge is 0.236 e. The van der Waals surface area contributed by atoms with E-state index in [1.807, 2.05) is 4.90 Å². The number of carbonyl (C=O) groups excluding carboxylic acids is 1. The molecule has 0 radical (unpaired) electrons. The number of amides is 1. The van der Waals surface area contributed by atoms with Crippen LogP contribution in [0, 0.1) is 0 Å². The number of likely N-dealkylation sites (N-methyl/N-ethyl adjacent to an activating group) is 1. The van der Waals surface area contributed by atoms with Crippen molar-refractivity contribution in [3.05, 3.63) is 0 Å². The van der Waals surface area contributed by atoms with Crippen molar-refractivity contribution < 1.29 is 4.79 Å². The molecule has 1 N–H and O–H groups in total. The largest absolute Gasteiger partial charge is 0.339 e. The molecule has 0 saturated carbocycles. The molecule has 1 amide bonds. The van der Waals surface area contributed by atoms with Gasteiger partial charge in [-0.25, -0.2) is 0 Å². The summed E-state index contributed by atoms with van der Waals surface area (Å²) in [6.45, 7) is 10.4. The minimum atomic E-state index is 0.0161. The highest BCUT2D eigenvalue weighted by Crippen LogP contribution is 2.01. The standard InChI is InChI=1S/C11H23N3O/c1-11(2,3)12-9-10(15)14-7-5-13(4)6-8-14/h12H,5-9H2,1-4H3. The summed E-state index contributed by atoms with van der Waals surface area (Å²) >= 11 is 0. The Balaban J connectivity index is 2.29. The normalized spacial score (nSPS) is 19.3. The second-order valence-electron chi connectivity index (χ2n) is 5.29. The van der Waals surface area contributed by atoms with E-state index in [0.29, 0.717) is 6.54 Å². The minimum Gasteiger partial charge on any atom is -0.339 e. The van der Waals surface area contributed by atoms with Crippen molar-refractivity contribution in [2.24, 2.45) is 0 Å². The van der Waals surface area contributed by atoms with Crippen LogP contribution in [0.25, 0.3) is 0 Å². The molecule has 88 valence electrons. The Hall–Kier alpha value is -0.610. The van der Waals surface area contributed by atoms with E-state index < -0.39 is 0 Å². The Bertz CT molecular complexity index is 214. The van der Waals surface area contributed by atoms with Gasteiger partial charge in [0, 0.05) is 31.7 Å². The fourth-order valence-electron chi connectivity index (χ4n) is 1.51. The zero-order chi connectivity index (χ0) is 11.5. The summed E-state index contributed by atoms with van der Waals surface area (Å²) in [5, 5.41) is 3.23. The highest BCUT2D eigenvalue weighted by atomic mass is 16.2. The molecule has 1 heterocycles. The number of hydrogen-bond acceptors (Lipinski definition) is 3. The maximum Gasteiger partial charge on any atom is 0.236 e. The van der Waals surface area contributed by atoms with E-state index in [1.54, 1.807) is 0 Å². The molecule has 4 nitrogen and oxygen atoms in total. The number of rotatable bonds is 2. The molecule has 0 aliphatic carbocycles. The Morgan fingerprint density at radius 1 is 1.20 bits per heavy atom. The van der Waals surface area contributed by atoms with Gasteiger partial charge < -0.3 is 15.1 Å². The Morgan fingerprint density at radius 3 is 2.20 bits per heavy atom. The van der Waals surface area contributed by atoms with E-state index in [-0.39, 0.29) is 11.4 Å². The molecule has 0 aromatic rings. The topological polar surface area (TPSA) is 35.6 Å². The maximum absolute atomic E-state index is 11.8. The van der Waals surface area contributed by atoms with Crippen molar-refractivity contribution in [1.82, 2.24) is 15.1 Å². The van der Waals surface area contributed by atoms with Crippen molar-refractivity contribution >= 4 is 5.91 Å². The van der Waals surface area contributed by atoms with Gasteiger partial charge in [0.2, 0.25) is 5.91 Å². The molecule has 0 aromatic heterocycles. The quantitative estimate of drug-likeness (QED) is 0.709. The van der Waals surface area contributed by atoms with E-state index in [9.17, 15) is 4.79 Å². The Kier molecular flexibility index (Phi) is 4.11. The van der Waals surface area contributed by atoms with Crippen molar-refractivity contribution in [3.8, 4) is 0 Å². The third-order valence-corrected chi connectivity index (χ3v) is 2.63. The monoisotopic (exact) mass is 213 g/mol. The summed E-state index contributed by atoms with van der Waals surface area (Å²) in [5.41, 5.74) is 0.0161. The van der Waals surface area contributed by atoms with Gasteiger partial charge in [-0.3, -0.25) is 4.79 Å². The van der Waals surface area contributed by atoms with Crippen molar-refractivity contribution in [2.45, 2.75) is 26.3 Å². The summed E-state index contributed by atoms with van der Waals surface area (Å²) in [4.78, 5) is 16.0. The van der Waals surface area contributed by atoms with E-state index in [1.165, 1.54) is 0 Å². The van der Waals surface area contributed by atoms with E-state index in [0.717, 1.165) is 26.2 Å². The molecule has 0 spiro atoms. The summed E-state index contributed by atoms with van der Waals surface area (Å²) in [6.07, 6.45) is 0. The first-order valence-corrected chi connectivity index (χ1v) is 5.60. The molecule has 1 fully saturated rings. The van der Waals surface area contributed by atoms with Crippen LogP contribution in [0.3, 0.4) is 0 Å². The minimum absolute atomic E-state index is 0.0161. The van der Waals surface area contributed by atoms with Gasteiger partial charge in [-0.05, 0) is 27.8 Å². The summed E-state index contributed by atoms with van der Waals surface area (Å²) < 4.78 is 0. The first-order valence-electron chi connectivity index (χ1n) is 5.60. The second-order valence-corrected chi connectivity index (χ2v) is 5.29. The van der Waals surface area contributed by atoms with Crippen molar-refractivity contribution in [1.29, 1.82) is 0 Å². The molecule has 15 heavy (non-hydrogen) atoms. The molecule has 1 aliphatic heterocycles. The summed E-state index contributed by atoms with van der Waals surface area (Å²) in [7, 11) is 2.09. The fourth-order valence-corrected chi connectivity index (χ4v) is 1.51. The molecule has 0 atom stereocenters. The van der Waals surface area contributed by atoms with Gasteiger partial charge >= 0.3 is 0 Å². The lowest BCUT2D eigenvalue weighted by Crippen LogP contribution is -2.51. The van der Waals surface area contributed by atoms with Gasteiger partial charge in [0.15, 0.2) is 0 Å². The third kappa shape index (κ3) is 4.62. The lowest BCUT2D eigenvalue weighted by atomic mass is 10.1. The highest BCUT2D eigenvalue weighted by molar-refractivity contribution is 5.78. The summed E-state index contributed by atoms with van der Waals surface area (Å²) in [6, 6.07) is 0. The molecule has 1 rings (SSSR count). The second kappa shape index (κ2) is 4.94. The lowest BCUT2D eigenvalue weighted by Gasteiger charge is -2.33. The van der Waals surface area contributed by atoms with Gasteiger partial charge in [0.05, 0.1) is 6.54 Å². The van der Waals surface area contributed by atoms with Crippen LogP contribution in [-0.4, -0.2) is 61.0 Å². The molecule has 0 unspecified atom stereocenters. The number of carbonyl (C=O) groups is 1. The van der Waals surface area contributed by atoms with Crippen LogP contribution < -0.4 is 5.32 Å². The van der Waals surface area contributed by atoms with Crippen LogP contribution in [-0.2, 0) is 4.79 Å². The zero-order valence-corrected chi connectivity index (χ0v) is 10.3. The van der Waals surface area contributed by atoms with Crippen LogP contribution >= 0.6 is 0 Å². The van der Waals surface area contributed by atoms with Crippen LogP contribution in [0.2, 0.25) is 0 Å². The van der Waals surface area contributed by atoms with Crippen LogP contribution in [0.5, 0.6) is 0 Å². The molecule has 0 bridgehead atoms. The Morgan fingerprint density at radius 2 is 1.73 bits per heavy atom. The first-order chi connectivity index (χ1) is 6.88. The fraction of sp³-hybridized carbons (Fsp3) is 0.909. The molecular formula is C11H23N3O. The first kappa shape index (κ1) is 12.5. The van der Waals surface area contributed by atoms with Crippen molar-refractivity contribution in [2.75, 3.05) is 39.8 Å². The van der Waals surface area contributed by atoms with Crippen LogP contribution in [0.15, 0.2) is 0 Å². The van der Waals surface area contributed by atoms with E-state index in [2.05, 4.69) is 38.0 Å². The van der Waals surface area contributed by atoms with Gasteiger partial charge in [0.25, 0.3) is 0 Å². The number of piperazine rings is 1. The predicted octanol–water partition coefficient (Wildman–Crippen LogP) is 0.149. The number of nitrogens with zero attached hydrogens (tertiary/aromatic N) is 2. The Labute approximate surface area is 92.6 Å². The maximum atomic E-state index is 11.8. The SMILES string of the molecule is CN1CCN(C(=O)CNC(C)(C)C)CC1.